The van der Waals surface area contributed by atoms with E-state index in [0.717, 1.165) is 11.5 Å². The predicted molar refractivity (Wildman–Crippen MR) is 75.0 cm³/mol. The Morgan fingerprint density at radius 3 is 2.91 bits per heavy atom. The highest BCUT2D eigenvalue weighted by atomic mass is 35.5. The van der Waals surface area contributed by atoms with Crippen LogP contribution in [0.4, 0.5) is 18.2 Å². The normalized spacial score (nSPS) is 11.0. The second-order valence-corrected chi connectivity index (χ2v) is 5.15. The molecule has 0 aliphatic carbocycles. The fourth-order valence-electron chi connectivity index (χ4n) is 1.50. The van der Waals surface area contributed by atoms with Gasteiger partial charge in [-0.2, -0.15) is 22.8 Å². The first-order valence-electron chi connectivity index (χ1n) is 5.83. The summed E-state index contributed by atoms with van der Waals surface area (Å²) >= 11 is 6.72. The number of rotatable bonds is 5. The van der Waals surface area contributed by atoms with Gasteiger partial charge in [-0.3, -0.25) is 0 Å². The number of alkyl halides is 3. The van der Waals surface area contributed by atoms with Gasteiger partial charge in [0.05, 0.1) is 0 Å². The number of anilines is 1. The van der Waals surface area contributed by atoms with Gasteiger partial charge in [-0.15, -0.1) is 0 Å². The van der Waals surface area contributed by atoms with Crippen molar-refractivity contribution in [3.63, 3.8) is 0 Å². The van der Waals surface area contributed by atoms with Gasteiger partial charge >= 0.3 is 6.18 Å². The monoisotopic (exact) mass is 348 g/mol. The maximum absolute atomic E-state index is 12.2. The summed E-state index contributed by atoms with van der Waals surface area (Å²) in [6.07, 6.45) is -3.11. The molecule has 2 rings (SSSR count). The summed E-state index contributed by atoms with van der Waals surface area (Å²) in [5.41, 5.74) is 0.605. The Morgan fingerprint density at radius 1 is 1.45 bits per heavy atom. The Morgan fingerprint density at radius 2 is 2.23 bits per heavy atom. The highest BCUT2D eigenvalue weighted by Gasteiger charge is 2.29. The quantitative estimate of drug-likeness (QED) is 0.893. The fraction of sp³-hybridized carbons (Fsp3) is 0.250. The van der Waals surface area contributed by atoms with Gasteiger partial charge in [0.25, 0.3) is 0 Å². The lowest BCUT2D eigenvalue weighted by Gasteiger charge is -2.12. The molecule has 116 valence electrons. The number of aromatic nitrogens is 2. The average Bonchev–Trinajstić information content (AvgIpc) is 2.83. The van der Waals surface area contributed by atoms with Crippen molar-refractivity contribution in [2.24, 2.45) is 0 Å². The molecule has 0 spiro atoms. The van der Waals surface area contributed by atoms with Crippen LogP contribution in [-0.4, -0.2) is 22.1 Å². The number of nitrogens with one attached hydrogen (secondary N) is 1. The van der Waals surface area contributed by atoms with Crippen LogP contribution in [0.25, 0.3) is 0 Å². The van der Waals surface area contributed by atoms with Crippen molar-refractivity contribution in [3.05, 3.63) is 34.6 Å². The van der Waals surface area contributed by atoms with Crippen molar-refractivity contribution in [3.8, 4) is 11.9 Å². The molecule has 0 fully saturated rings. The third kappa shape index (κ3) is 4.22. The summed E-state index contributed by atoms with van der Waals surface area (Å²) in [6.45, 7) is -1.30. The van der Waals surface area contributed by atoms with Gasteiger partial charge in [0.15, 0.2) is 11.8 Å². The largest absolute Gasteiger partial charge is 0.468 e. The van der Waals surface area contributed by atoms with Gasteiger partial charge in [0.2, 0.25) is 5.88 Å². The fourth-order valence-corrected chi connectivity index (χ4v) is 2.43. The molecule has 0 radical (unpaired) electrons. The van der Waals surface area contributed by atoms with E-state index in [4.69, 9.17) is 16.9 Å². The molecular weight excluding hydrogens is 341 g/mol. The highest BCUT2D eigenvalue weighted by molar-refractivity contribution is 7.10. The van der Waals surface area contributed by atoms with Crippen LogP contribution in [0.5, 0.6) is 5.88 Å². The first-order valence-corrected chi connectivity index (χ1v) is 6.98. The first-order chi connectivity index (χ1) is 10.4. The summed E-state index contributed by atoms with van der Waals surface area (Å²) in [7, 11) is 0. The second-order valence-electron chi connectivity index (χ2n) is 4.01. The summed E-state index contributed by atoms with van der Waals surface area (Å²) < 4.78 is 45.1. The average molecular weight is 349 g/mol. The number of pyridine rings is 1. The summed E-state index contributed by atoms with van der Waals surface area (Å²) in [4.78, 5) is 3.78. The van der Waals surface area contributed by atoms with Gasteiger partial charge in [-0.25, -0.2) is 4.98 Å². The Labute approximate surface area is 132 Å². The third-order valence-corrected chi connectivity index (χ3v) is 3.60. The number of nitrogens with zero attached hydrogens (tertiary/aromatic N) is 3. The summed E-state index contributed by atoms with van der Waals surface area (Å²) in [5.74, 6) is -0.124. The van der Waals surface area contributed by atoms with Crippen LogP contribution in [0.15, 0.2) is 18.3 Å². The molecule has 0 amide bonds. The van der Waals surface area contributed by atoms with Crippen molar-refractivity contribution in [2.45, 2.75) is 12.7 Å². The number of ether oxygens (including phenoxy) is 1. The van der Waals surface area contributed by atoms with Gasteiger partial charge in [-0.05, 0) is 17.6 Å². The summed E-state index contributed by atoms with van der Waals surface area (Å²) in [5, 5.41) is 12.3. The molecule has 10 heteroatoms. The Kier molecular flexibility index (Phi) is 5.05. The molecule has 2 aromatic heterocycles. The molecule has 22 heavy (non-hydrogen) atoms. The Hall–Kier alpha value is -2.05. The number of hydrogen-bond acceptors (Lipinski definition) is 6. The molecule has 0 saturated carbocycles. The molecule has 0 unspecified atom stereocenters. The van der Waals surface area contributed by atoms with Crippen molar-refractivity contribution in [2.75, 3.05) is 11.9 Å². The maximum atomic E-state index is 12.2. The molecule has 0 aliphatic heterocycles. The minimum Gasteiger partial charge on any atom is -0.468 e. The summed E-state index contributed by atoms with van der Waals surface area (Å²) in [6, 6.07) is 5.04. The first kappa shape index (κ1) is 16.3. The maximum Gasteiger partial charge on any atom is 0.422 e. The third-order valence-electron chi connectivity index (χ3n) is 2.42. The molecule has 0 aromatic carbocycles. The predicted octanol–water partition coefficient (Wildman–Crippen LogP) is 3.62. The van der Waals surface area contributed by atoms with Crippen molar-refractivity contribution >= 4 is 28.1 Å². The molecule has 2 aromatic rings. The standard InChI is InChI=1S/C12H8ClF3N4OS/c13-9-8(4-17)11(22-20-9)19-5-7-2-1-3-18-10(7)21-6-12(14,15)16/h1-3,19H,5-6H2. The van der Waals surface area contributed by atoms with E-state index < -0.39 is 12.8 Å². The topological polar surface area (TPSA) is 70.8 Å². The molecule has 5 nitrogen and oxygen atoms in total. The van der Waals surface area contributed by atoms with Gasteiger partial charge in [-0.1, -0.05) is 17.7 Å². The SMILES string of the molecule is N#Cc1c(Cl)nsc1NCc1cccnc1OCC(F)(F)F. The van der Waals surface area contributed by atoms with Crippen molar-refractivity contribution in [1.82, 2.24) is 9.36 Å². The van der Waals surface area contributed by atoms with Crippen molar-refractivity contribution in [1.29, 1.82) is 5.26 Å². The molecular formula is C12H8ClF3N4OS. The van der Waals surface area contributed by atoms with Crippen LogP contribution in [0.1, 0.15) is 11.1 Å². The van der Waals surface area contributed by atoms with Crippen LogP contribution in [0.3, 0.4) is 0 Å². The molecule has 0 aliphatic rings. The smallest absolute Gasteiger partial charge is 0.422 e. The van der Waals surface area contributed by atoms with E-state index in [9.17, 15) is 13.2 Å². The minimum absolute atomic E-state index is 0.0785. The molecule has 2 heterocycles. The van der Waals surface area contributed by atoms with E-state index >= 15 is 0 Å². The van der Waals surface area contributed by atoms with Crippen LogP contribution in [0.2, 0.25) is 5.15 Å². The molecule has 0 atom stereocenters. The zero-order valence-electron chi connectivity index (χ0n) is 10.8. The number of halogens is 4. The Balaban J connectivity index is 2.08. The second kappa shape index (κ2) is 6.81. The molecule has 0 saturated heterocycles. The zero-order chi connectivity index (χ0) is 16.2. The lowest BCUT2D eigenvalue weighted by atomic mass is 10.2. The lowest BCUT2D eigenvalue weighted by Crippen LogP contribution is -2.20. The van der Waals surface area contributed by atoms with Crippen LogP contribution >= 0.6 is 23.1 Å². The van der Waals surface area contributed by atoms with Gasteiger partial charge in [0, 0.05) is 18.3 Å². The van der Waals surface area contributed by atoms with Gasteiger partial charge < -0.3 is 10.1 Å². The van der Waals surface area contributed by atoms with E-state index in [1.807, 2.05) is 6.07 Å². The number of hydrogen-bond donors (Lipinski definition) is 1. The minimum atomic E-state index is -4.44. The van der Waals surface area contributed by atoms with Gasteiger partial charge in [0.1, 0.15) is 16.6 Å². The van der Waals surface area contributed by atoms with Crippen molar-refractivity contribution < 1.29 is 17.9 Å². The zero-order valence-corrected chi connectivity index (χ0v) is 12.4. The van der Waals surface area contributed by atoms with E-state index in [2.05, 4.69) is 19.4 Å². The van der Waals surface area contributed by atoms with E-state index in [0.29, 0.717) is 10.6 Å². The number of nitriles is 1. The van der Waals surface area contributed by atoms with E-state index in [-0.39, 0.29) is 23.1 Å². The Bertz CT molecular complexity index is 698. The van der Waals surface area contributed by atoms with Crippen LogP contribution in [-0.2, 0) is 6.54 Å². The van der Waals surface area contributed by atoms with E-state index in [1.165, 1.54) is 6.20 Å². The molecule has 0 bridgehead atoms. The molecule has 1 N–H and O–H groups in total. The van der Waals surface area contributed by atoms with E-state index in [1.54, 1.807) is 12.1 Å². The lowest BCUT2D eigenvalue weighted by molar-refractivity contribution is -0.154. The van der Waals surface area contributed by atoms with Crippen LogP contribution < -0.4 is 10.1 Å². The highest BCUT2D eigenvalue weighted by Crippen LogP contribution is 2.28. The van der Waals surface area contributed by atoms with Crippen LogP contribution in [0, 0.1) is 11.3 Å².